The number of hydrogen-bond donors (Lipinski definition) is 1. The van der Waals surface area contributed by atoms with E-state index in [1.54, 1.807) is 6.92 Å². The summed E-state index contributed by atoms with van der Waals surface area (Å²) < 4.78 is 31.3. The molecule has 19 heavy (non-hydrogen) atoms. The van der Waals surface area contributed by atoms with Crippen molar-refractivity contribution in [3.05, 3.63) is 41.4 Å². The van der Waals surface area contributed by atoms with Crippen LogP contribution in [0.3, 0.4) is 0 Å². The molecule has 0 aliphatic heterocycles. The van der Waals surface area contributed by atoms with Crippen LogP contribution in [0.2, 0.25) is 0 Å². The molecule has 4 nitrogen and oxygen atoms in total. The molecular formula is C13H18ClNO3S. The van der Waals surface area contributed by atoms with Crippen LogP contribution in [0.5, 0.6) is 5.75 Å². The molecule has 0 saturated carbocycles. The molecule has 0 fully saturated rings. The molecule has 0 saturated heterocycles. The van der Waals surface area contributed by atoms with E-state index in [0.29, 0.717) is 6.61 Å². The maximum absolute atomic E-state index is 11.7. The standard InChI is InChI=1S/C13H18ClNO3S/c1-4-18-13-7-5-12(6-8-13)11(3)15-19(16,17)9-10(2)14/h5-8,11,15H,2,4,9H2,1,3H3. The molecule has 1 rings (SSSR count). The van der Waals surface area contributed by atoms with Crippen LogP contribution in [0.15, 0.2) is 35.9 Å². The highest BCUT2D eigenvalue weighted by Crippen LogP contribution is 2.18. The predicted molar refractivity (Wildman–Crippen MR) is 77.9 cm³/mol. The van der Waals surface area contributed by atoms with Gasteiger partial charge in [0.05, 0.1) is 12.4 Å². The van der Waals surface area contributed by atoms with Crippen molar-refractivity contribution in [1.82, 2.24) is 4.72 Å². The highest BCUT2D eigenvalue weighted by atomic mass is 35.5. The largest absolute Gasteiger partial charge is 0.494 e. The zero-order valence-electron chi connectivity index (χ0n) is 11.0. The fraction of sp³-hybridized carbons (Fsp3) is 0.385. The predicted octanol–water partition coefficient (Wildman–Crippen LogP) is 2.82. The van der Waals surface area contributed by atoms with Gasteiger partial charge in [-0.25, -0.2) is 13.1 Å². The van der Waals surface area contributed by atoms with Gasteiger partial charge in [-0.05, 0) is 31.5 Å². The summed E-state index contributed by atoms with van der Waals surface area (Å²) in [6, 6.07) is 6.94. The van der Waals surface area contributed by atoms with Gasteiger partial charge in [0.1, 0.15) is 5.75 Å². The van der Waals surface area contributed by atoms with E-state index in [0.717, 1.165) is 11.3 Å². The first kappa shape index (κ1) is 16.0. The smallest absolute Gasteiger partial charge is 0.217 e. The molecule has 1 aromatic rings. The lowest BCUT2D eigenvalue weighted by molar-refractivity contribution is 0.340. The molecule has 0 aliphatic rings. The average Bonchev–Trinajstić information content (AvgIpc) is 2.27. The minimum atomic E-state index is -3.46. The van der Waals surface area contributed by atoms with E-state index in [2.05, 4.69) is 11.3 Å². The van der Waals surface area contributed by atoms with Crippen LogP contribution in [0, 0.1) is 0 Å². The van der Waals surface area contributed by atoms with Crippen molar-refractivity contribution < 1.29 is 13.2 Å². The van der Waals surface area contributed by atoms with Crippen LogP contribution in [-0.4, -0.2) is 20.8 Å². The minimum Gasteiger partial charge on any atom is -0.494 e. The van der Waals surface area contributed by atoms with E-state index in [1.165, 1.54) is 0 Å². The molecule has 1 N–H and O–H groups in total. The van der Waals surface area contributed by atoms with Gasteiger partial charge in [0, 0.05) is 11.1 Å². The second-order valence-corrected chi connectivity index (χ2v) is 6.41. The Hall–Kier alpha value is -1.04. The van der Waals surface area contributed by atoms with E-state index in [1.807, 2.05) is 31.2 Å². The van der Waals surface area contributed by atoms with Crippen molar-refractivity contribution in [3.8, 4) is 5.75 Å². The normalized spacial score (nSPS) is 13.0. The summed E-state index contributed by atoms with van der Waals surface area (Å²) in [5.41, 5.74) is 0.854. The SMILES string of the molecule is C=C(Cl)CS(=O)(=O)NC(C)c1ccc(OCC)cc1. The fourth-order valence-corrected chi connectivity index (χ4v) is 3.21. The van der Waals surface area contributed by atoms with Crippen molar-refractivity contribution in [2.75, 3.05) is 12.4 Å². The summed E-state index contributed by atoms with van der Waals surface area (Å²) >= 11 is 5.52. The topological polar surface area (TPSA) is 55.4 Å². The van der Waals surface area contributed by atoms with Gasteiger partial charge in [0.15, 0.2) is 0 Å². The Morgan fingerprint density at radius 2 is 2.00 bits per heavy atom. The van der Waals surface area contributed by atoms with Gasteiger partial charge in [-0.15, -0.1) is 0 Å². The van der Waals surface area contributed by atoms with Gasteiger partial charge in [-0.2, -0.15) is 0 Å². The quantitative estimate of drug-likeness (QED) is 0.842. The van der Waals surface area contributed by atoms with Crippen LogP contribution in [0.4, 0.5) is 0 Å². The summed E-state index contributed by atoms with van der Waals surface area (Å²) in [5.74, 6) is 0.478. The Bertz CT molecular complexity index is 525. The maximum atomic E-state index is 11.7. The minimum absolute atomic E-state index is 0.0893. The average molecular weight is 304 g/mol. The van der Waals surface area contributed by atoms with E-state index >= 15 is 0 Å². The molecule has 0 aliphatic carbocycles. The third-order valence-corrected chi connectivity index (χ3v) is 4.13. The first-order valence-electron chi connectivity index (χ1n) is 5.90. The Kier molecular flexibility index (Phi) is 5.85. The Labute approximate surface area is 119 Å². The van der Waals surface area contributed by atoms with Crippen molar-refractivity contribution in [1.29, 1.82) is 0 Å². The number of ether oxygens (including phenoxy) is 1. The molecule has 1 atom stereocenters. The summed E-state index contributed by atoms with van der Waals surface area (Å²) in [6.45, 7) is 7.65. The second kappa shape index (κ2) is 6.93. The van der Waals surface area contributed by atoms with Crippen LogP contribution in [-0.2, 0) is 10.0 Å². The molecular weight excluding hydrogens is 286 g/mol. The zero-order chi connectivity index (χ0) is 14.5. The van der Waals surface area contributed by atoms with Gasteiger partial charge in [0.2, 0.25) is 10.0 Å². The van der Waals surface area contributed by atoms with Crippen LogP contribution < -0.4 is 9.46 Å². The third kappa shape index (κ3) is 5.63. The molecule has 0 spiro atoms. The molecule has 0 radical (unpaired) electrons. The summed E-state index contributed by atoms with van der Waals surface area (Å²) in [7, 11) is -3.46. The Morgan fingerprint density at radius 3 is 2.47 bits per heavy atom. The number of benzene rings is 1. The van der Waals surface area contributed by atoms with Crippen molar-refractivity contribution in [3.63, 3.8) is 0 Å². The van der Waals surface area contributed by atoms with Gasteiger partial charge < -0.3 is 4.74 Å². The van der Waals surface area contributed by atoms with Gasteiger partial charge in [-0.3, -0.25) is 0 Å². The second-order valence-electron chi connectivity index (χ2n) is 4.12. The van der Waals surface area contributed by atoms with Crippen LogP contribution in [0.25, 0.3) is 0 Å². The summed E-state index contributed by atoms with van der Waals surface area (Å²) in [6.07, 6.45) is 0. The lowest BCUT2D eigenvalue weighted by Crippen LogP contribution is -2.29. The Balaban J connectivity index is 2.72. The van der Waals surface area contributed by atoms with Crippen LogP contribution in [0.1, 0.15) is 25.5 Å². The van der Waals surface area contributed by atoms with Gasteiger partial charge in [0.25, 0.3) is 0 Å². The molecule has 0 aromatic heterocycles. The first-order chi connectivity index (χ1) is 8.84. The molecule has 6 heteroatoms. The van der Waals surface area contributed by atoms with E-state index in [9.17, 15) is 8.42 Å². The number of sulfonamides is 1. The van der Waals surface area contributed by atoms with Gasteiger partial charge >= 0.3 is 0 Å². The lowest BCUT2D eigenvalue weighted by Gasteiger charge is -2.15. The number of halogens is 1. The number of hydrogen-bond acceptors (Lipinski definition) is 3. The van der Waals surface area contributed by atoms with E-state index in [4.69, 9.17) is 16.3 Å². The fourth-order valence-electron chi connectivity index (χ4n) is 1.60. The third-order valence-electron chi connectivity index (χ3n) is 2.39. The zero-order valence-corrected chi connectivity index (χ0v) is 12.6. The van der Waals surface area contributed by atoms with Gasteiger partial charge in [-0.1, -0.05) is 30.3 Å². The first-order valence-corrected chi connectivity index (χ1v) is 7.93. The van der Waals surface area contributed by atoms with Crippen molar-refractivity contribution in [2.24, 2.45) is 0 Å². The molecule has 0 heterocycles. The van der Waals surface area contributed by atoms with E-state index in [-0.39, 0.29) is 16.8 Å². The number of nitrogens with one attached hydrogen (secondary N) is 1. The summed E-state index contributed by atoms with van der Waals surface area (Å²) in [5, 5.41) is 0.0893. The molecule has 1 aromatic carbocycles. The molecule has 106 valence electrons. The van der Waals surface area contributed by atoms with Crippen LogP contribution >= 0.6 is 11.6 Å². The number of rotatable bonds is 7. The molecule has 0 bridgehead atoms. The highest BCUT2D eigenvalue weighted by molar-refractivity contribution is 7.89. The monoisotopic (exact) mass is 303 g/mol. The molecule has 0 amide bonds. The maximum Gasteiger partial charge on any atom is 0.217 e. The van der Waals surface area contributed by atoms with E-state index < -0.39 is 10.0 Å². The highest BCUT2D eigenvalue weighted by Gasteiger charge is 2.16. The molecule has 1 unspecified atom stereocenters. The lowest BCUT2D eigenvalue weighted by atomic mass is 10.1. The summed E-state index contributed by atoms with van der Waals surface area (Å²) in [4.78, 5) is 0. The van der Waals surface area contributed by atoms with Crippen molar-refractivity contribution in [2.45, 2.75) is 19.9 Å². The Morgan fingerprint density at radius 1 is 1.42 bits per heavy atom. The van der Waals surface area contributed by atoms with Crippen molar-refractivity contribution >= 4 is 21.6 Å².